The van der Waals surface area contributed by atoms with Gasteiger partial charge < -0.3 is 5.32 Å². The molecule has 14 heavy (non-hydrogen) atoms. The Morgan fingerprint density at radius 1 is 1.64 bits per heavy atom. The van der Waals surface area contributed by atoms with Crippen LogP contribution in [-0.4, -0.2) is 17.8 Å². The molecule has 0 radical (unpaired) electrons. The third kappa shape index (κ3) is 3.16. The van der Waals surface area contributed by atoms with Crippen LogP contribution >= 0.6 is 11.6 Å². The number of amides is 1. The molecule has 1 aliphatic rings. The number of rotatable bonds is 5. The zero-order valence-electron chi connectivity index (χ0n) is 9.27. The van der Waals surface area contributed by atoms with E-state index in [4.69, 9.17) is 11.6 Å². The zero-order chi connectivity index (χ0) is 10.8. The molecular formula is C11H20ClNO. The third-order valence-corrected chi connectivity index (χ3v) is 3.30. The normalized spacial score (nSPS) is 25.6. The molecule has 1 fully saturated rings. The molecule has 3 heteroatoms. The van der Waals surface area contributed by atoms with Crippen molar-refractivity contribution in [2.45, 2.75) is 45.4 Å². The van der Waals surface area contributed by atoms with Gasteiger partial charge in [-0.3, -0.25) is 4.79 Å². The Labute approximate surface area is 91.4 Å². The maximum atomic E-state index is 11.6. The Balaban J connectivity index is 2.16. The van der Waals surface area contributed by atoms with Gasteiger partial charge in [-0.25, -0.2) is 0 Å². The first-order chi connectivity index (χ1) is 6.47. The molecule has 0 saturated heterocycles. The Bertz CT molecular complexity index is 215. The van der Waals surface area contributed by atoms with Gasteiger partial charge in [0.05, 0.1) is 5.38 Å². The first kappa shape index (κ1) is 11.8. The first-order valence-electron chi connectivity index (χ1n) is 5.39. The molecule has 0 bridgehead atoms. The van der Waals surface area contributed by atoms with E-state index >= 15 is 0 Å². The van der Waals surface area contributed by atoms with Crippen LogP contribution in [-0.2, 0) is 4.79 Å². The Morgan fingerprint density at radius 2 is 2.21 bits per heavy atom. The number of carbonyl (C=O) groups is 1. The number of halogens is 1. The molecule has 0 spiro atoms. The molecule has 0 heterocycles. The van der Waals surface area contributed by atoms with Crippen LogP contribution in [0.1, 0.15) is 40.0 Å². The van der Waals surface area contributed by atoms with Crippen molar-refractivity contribution >= 4 is 17.5 Å². The monoisotopic (exact) mass is 217 g/mol. The minimum Gasteiger partial charge on any atom is -0.354 e. The van der Waals surface area contributed by atoms with Crippen molar-refractivity contribution < 1.29 is 4.79 Å². The molecule has 2 atom stereocenters. The lowest BCUT2D eigenvalue weighted by Gasteiger charge is -2.10. The van der Waals surface area contributed by atoms with Gasteiger partial charge in [-0.05, 0) is 18.3 Å². The zero-order valence-corrected chi connectivity index (χ0v) is 10.0. The lowest BCUT2D eigenvalue weighted by atomic mass is 10.1. The molecule has 2 unspecified atom stereocenters. The Kier molecular flexibility index (Phi) is 3.82. The molecule has 0 aromatic heterocycles. The van der Waals surface area contributed by atoms with Crippen LogP contribution in [0.25, 0.3) is 0 Å². The fraction of sp³-hybridized carbons (Fsp3) is 0.909. The third-order valence-electron chi connectivity index (χ3n) is 2.93. The summed E-state index contributed by atoms with van der Waals surface area (Å²) in [6, 6.07) is 0. The summed E-state index contributed by atoms with van der Waals surface area (Å²) in [6.45, 7) is 6.96. The number of hydrogen-bond acceptors (Lipinski definition) is 1. The summed E-state index contributed by atoms with van der Waals surface area (Å²) in [4.78, 5) is 11.6. The predicted octanol–water partition coefficient (Wildman–Crippen LogP) is 2.56. The smallest absolute Gasteiger partial charge is 0.223 e. The molecule has 1 N–H and O–H groups in total. The van der Waals surface area contributed by atoms with E-state index in [0.717, 1.165) is 19.3 Å². The van der Waals surface area contributed by atoms with Crippen molar-refractivity contribution in [3.63, 3.8) is 0 Å². The molecule has 1 rings (SSSR count). The largest absolute Gasteiger partial charge is 0.354 e. The van der Waals surface area contributed by atoms with Gasteiger partial charge in [0, 0.05) is 12.5 Å². The molecule has 0 aromatic rings. The van der Waals surface area contributed by atoms with Crippen molar-refractivity contribution in [1.82, 2.24) is 5.32 Å². The molecule has 2 nitrogen and oxygen atoms in total. The highest BCUT2D eigenvalue weighted by Gasteiger charge is 2.50. The van der Waals surface area contributed by atoms with E-state index in [1.165, 1.54) is 0 Å². The minimum absolute atomic E-state index is 0.0887. The van der Waals surface area contributed by atoms with E-state index in [1.807, 2.05) is 0 Å². The van der Waals surface area contributed by atoms with Gasteiger partial charge in [-0.2, -0.15) is 0 Å². The van der Waals surface area contributed by atoms with Crippen molar-refractivity contribution in [3.05, 3.63) is 0 Å². The maximum absolute atomic E-state index is 11.6. The van der Waals surface area contributed by atoms with Crippen molar-refractivity contribution in [2.75, 3.05) is 6.54 Å². The summed E-state index contributed by atoms with van der Waals surface area (Å²) < 4.78 is 0. The summed E-state index contributed by atoms with van der Waals surface area (Å²) >= 11 is 6.01. The fourth-order valence-electron chi connectivity index (χ4n) is 1.66. The summed E-state index contributed by atoms with van der Waals surface area (Å²) in [7, 11) is 0. The van der Waals surface area contributed by atoms with Gasteiger partial charge in [0.15, 0.2) is 0 Å². The average molecular weight is 218 g/mol. The second-order valence-electron chi connectivity index (χ2n) is 4.88. The van der Waals surface area contributed by atoms with Crippen LogP contribution in [0.5, 0.6) is 0 Å². The SMILES string of the molecule is CCCC(Cl)CNC(=O)C1CC1(C)C. The van der Waals surface area contributed by atoms with Crippen LogP contribution in [0.3, 0.4) is 0 Å². The highest BCUT2D eigenvalue weighted by atomic mass is 35.5. The lowest BCUT2D eigenvalue weighted by Crippen LogP contribution is -2.31. The topological polar surface area (TPSA) is 29.1 Å². The van der Waals surface area contributed by atoms with E-state index in [9.17, 15) is 4.79 Å². The van der Waals surface area contributed by atoms with E-state index in [2.05, 4.69) is 26.1 Å². The Hall–Kier alpha value is -0.240. The van der Waals surface area contributed by atoms with E-state index in [1.54, 1.807) is 0 Å². The highest BCUT2D eigenvalue weighted by Crippen LogP contribution is 2.51. The molecular weight excluding hydrogens is 198 g/mol. The van der Waals surface area contributed by atoms with Gasteiger partial charge in [0.1, 0.15) is 0 Å². The number of carbonyl (C=O) groups excluding carboxylic acids is 1. The van der Waals surface area contributed by atoms with Crippen molar-refractivity contribution in [2.24, 2.45) is 11.3 Å². The lowest BCUT2D eigenvalue weighted by molar-refractivity contribution is -0.122. The molecule has 1 saturated carbocycles. The summed E-state index contributed by atoms with van der Waals surface area (Å²) in [5.74, 6) is 0.393. The van der Waals surface area contributed by atoms with E-state index in [-0.39, 0.29) is 22.6 Å². The summed E-state index contributed by atoms with van der Waals surface area (Å²) in [6.07, 6.45) is 3.05. The van der Waals surface area contributed by atoms with Crippen LogP contribution in [0, 0.1) is 11.3 Å². The molecule has 0 aliphatic heterocycles. The van der Waals surface area contributed by atoms with Crippen LogP contribution in [0.15, 0.2) is 0 Å². The summed E-state index contributed by atoms with van der Waals surface area (Å²) in [5, 5.41) is 3.00. The number of hydrogen-bond donors (Lipinski definition) is 1. The standard InChI is InChI=1S/C11H20ClNO/c1-4-5-8(12)7-13-10(14)9-6-11(9,2)3/h8-9H,4-7H2,1-3H3,(H,13,14). The average Bonchev–Trinajstić information content (AvgIpc) is 2.72. The number of nitrogens with one attached hydrogen (secondary N) is 1. The van der Waals surface area contributed by atoms with Crippen molar-refractivity contribution in [1.29, 1.82) is 0 Å². The number of alkyl halides is 1. The summed E-state index contributed by atoms with van der Waals surface area (Å²) in [5.41, 5.74) is 0.219. The van der Waals surface area contributed by atoms with E-state index in [0.29, 0.717) is 6.54 Å². The van der Waals surface area contributed by atoms with E-state index < -0.39 is 0 Å². The van der Waals surface area contributed by atoms with Gasteiger partial charge in [-0.1, -0.05) is 27.2 Å². The van der Waals surface area contributed by atoms with Crippen LogP contribution in [0.2, 0.25) is 0 Å². The van der Waals surface area contributed by atoms with Gasteiger partial charge in [-0.15, -0.1) is 11.6 Å². The highest BCUT2D eigenvalue weighted by molar-refractivity contribution is 6.20. The second-order valence-corrected chi connectivity index (χ2v) is 5.49. The fourth-order valence-corrected chi connectivity index (χ4v) is 1.96. The maximum Gasteiger partial charge on any atom is 0.223 e. The van der Waals surface area contributed by atoms with Gasteiger partial charge >= 0.3 is 0 Å². The quantitative estimate of drug-likeness (QED) is 0.705. The first-order valence-corrected chi connectivity index (χ1v) is 5.83. The molecule has 0 aromatic carbocycles. The molecule has 82 valence electrons. The van der Waals surface area contributed by atoms with Crippen LogP contribution in [0.4, 0.5) is 0 Å². The van der Waals surface area contributed by atoms with Gasteiger partial charge in [0.25, 0.3) is 0 Å². The van der Waals surface area contributed by atoms with Crippen molar-refractivity contribution in [3.8, 4) is 0 Å². The van der Waals surface area contributed by atoms with Crippen LogP contribution < -0.4 is 5.32 Å². The Morgan fingerprint density at radius 3 is 2.64 bits per heavy atom. The minimum atomic E-state index is 0.0887. The predicted molar refractivity (Wildman–Crippen MR) is 59.4 cm³/mol. The molecule has 1 amide bonds. The second kappa shape index (κ2) is 4.52. The van der Waals surface area contributed by atoms with Gasteiger partial charge in [0.2, 0.25) is 5.91 Å². The molecule has 1 aliphatic carbocycles.